The van der Waals surface area contributed by atoms with Crippen molar-refractivity contribution < 1.29 is 4.79 Å². The molecule has 2 aromatic rings. The summed E-state index contributed by atoms with van der Waals surface area (Å²) < 4.78 is 0.745. The number of hydrogen-bond donors (Lipinski definition) is 2. The maximum absolute atomic E-state index is 11.6. The van der Waals surface area contributed by atoms with E-state index in [1.54, 1.807) is 24.4 Å². The second-order valence-corrected chi connectivity index (χ2v) is 5.60. The zero-order valence-electron chi connectivity index (χ0n) is 10.7. The van der Waals surface area contributed by atoms with E-state index in [1.165, 1.54) is 0 Å². The summed E-state index contributed by atoms with van der Waals surface area (Å²) in [6.07, 6.45) is 1.64. The number of nitrogens with zero attached hydrogens (tertiary/aromatic N) is 1. The Morgan fingerprint density at radius 3 is 2.70 bits per heavy atom. The van der Waals surface area contributed by atoms with E-state index in [0.29, 0.717) is 10.6 Å². The van der Waals surface area contributed by atoms with Crippen molar-refractivity contribution in [2.45, 2.75) is 13.0 Å². The van der Waals surface area contributed by atoms with Gasteiger partial charge in [-0.2, -0.15) is 0 Å². The molecule has 2 rings (SSSR count). The molecule has 1 atom stereocenters. The molecule has 0 aliphatic heterocycles. The molecule has 1 heterocycles. The molecule has 1 aromatic carbocycles. The fourth-order valence-electron chi connectivity index (χ4n) is 1.72. The van der Waals surface area contributed by atoms with Crippen LogP contribution in [0.3, 0.4) is 0 Å². The van der Waals surface area contributed by atoms with Crippen molar-refractivity contribution in [2.24, 2.45) is 5.73 Å². The van der Waals surface area contributed by atoms with Gasteiger partial charge < -0.3 is 11.1 Å². The molecule has 4 nitrogen and oxygen atoms in total. The van der Waals surface area contributed by atoms with Crippen molar-refractivity contribution in [1.82, 2.24) is 4.98 Å². The lowest BCUT2D eigenvalue weighted by Crippen LogP contribution is -2.27. The van der Waals surface area contributed by atoms with Crippen molar-refractivity contribution in [3.8, 4) is 0 Å². The Morgan fingerprint density at radius 2 is 2.15 bits per heavy atom. The third-order valence-electron chi connectivity index (χ3n) is 2.78. The lowest BCUT2D eigenvalue weighted by atomic mass is 10.1. The number of halogens is 2. The number of primary amides is 1. The minimum atomic E-state index is -0.642. The Balaban J connectivity index is 2.27. The summed E-state index contributed by atoms with van der Waals surface area (Å²) in [6.45, 7) is 1.88. The molecule has 20 heavy (non-hydrogen) atoms. The molecule has 3 N–H and O–H groups in total. The molecule has 6 heteroatoms. The molecular formula is C14H13BrClN3O. The van der Waals surface area contributed by atoms with Gasteiger partial charge in [0.05, 0.1) is 5.02 Å². The van der Waals surface area contributed by atoms with Crippen molar-refractivity contribution in [3.63, 3.8) is 0 Å². The third-order valence-corrected chi connectivity index (χ3v) is 4.00. The average Bonchev–Trinajstić information content (AvgIpc) is 2.41. The van der Waals surface area contributed by atoms with Crippen LogP contribution >= 0.6 is 27.5 Å². The van der Waals surface area contributed by atoms with Gasteiger partial charge >= 0.3 is 0 Å². The van der Waals surface area contributed by atoms with E-state index in [4.69, 9.17) is 17.3 Å². The van der Waals surface area contributed by atoms with Crippen LogP contribution in [0, 0.1) is 6.92 Å². The number of anilines is 1. The molecular weight excluding hydrogens is 342 g/mol. The molecule has 0 bridgehead atoms. The van der Waals surface area contributed by atoms with E-state index >= 15 is 0 Å². The van der Waals surface area contributed by atoms with Gasteiger partial charge in [-0.25, -0.2) is 0 Å². The number of benzene rings is 1. The minimum absolute atomic E-state index is 0.471. The van der Waals surface area contributed by atoms with Crippen LogP contribution in [-0.4, -0.2) is 10.9 Å². The summed E-state index contributed by atoms with van der Waals surface area (Å²) in [6, 6.07) is 8.33. The van der Waals surface area contributed by atoms with Crippen LogP contribution < -0.4 is 11.1 Å². The van der Waals surface area contributed by atoms with Crippen LogP contribution in [0.25, 0.3) is 0 Å². The largest absolute Gasteiger partial charge is 0.370 e. The van der Waals surface area contributed by atoms with Crippen molar-refractivity contribution in [1.29, 1.82) is 0 Å². The molecule has 1 aromatic heterocycles. The highest BCUT2D eigenvalue weighted by Gasteiger charge is 2.18. The molecule has 0 saturated carbocycles. The van der Waals surface area contributed by atoms with Gasteiger partial charge in [-0.1, -0.05) is 17.7 Å². The first-order valence-electron chi connectivity index (χ1n) is 5.91. The van der Waals surface area contributed by atoms with E-state index in [2.05, 4.69) is 26.2 Å². The molecule has 0 aliphatic rings. The fraction of sp³-hybridized carbons (Fsp3) is 0.143. The number of carbonyl (C=O) groups is 1. The van der Waals surface area contributed by atoms with Gasteiger partial charge in [0.25, 0.3) is 0 Å². The summed E-state index contributed by atoms with van der Waals surface area (Å²) in [5.41, 5.74) is 7.79. The number of pyridine rings is 1. The van der Waals surface area contributed by atoms with E-state index in [1.807, 2.05) is 19.1 Å². The van der Waals surface area contributed by atoms with Crippen LogP contribution in [0.4, 0.5) is 5.69 Å². The van der Waals surface area contributed by atoms with Crippen molar-refractivity contribution in [2.75, 3.05) is 5.32 Å². The maximum atomic E-state index is 11.6. The molecule has 1 amide bonds. The second-order valence-electron chi connectivity index (χ2n) is 4.34. The first kappa shape index (κ1) is 14.8. The standard InChI is InChI=1S/C14H13BrClN3O/c1-8-2-3-9(7-18-8)13(14(17)20)19-10-4-5-12(16)11(15)6-10/h2-7,13,19H,1H3,(H2,17,20). The number of aryl methyl sites for hydroxylation is 1. The summed E-state index contributed by atoms with van der Waals surface area (Å²) in [5, 5.41) is 3.68. The van der Waals surface area contributed by atoms with E-state index in [-0.39, 0.29) is 0 Å². The molecule has 104 valence electrons. The highest BCUT2D eigenvalue weighted by Crippen LogP contribution is 2.27. The van der Waals surface area contributed by atoms with E-state index in [0.717, 1.165) is 15.9 Å². The van der Waals surface area contributed by atoms with Gasteiger partial charge in [-0.3, -0.25) is 9.78 Å². The first-order valence-corrected chi connectivity index (χ1v) is 7.08. The smallest absolute Gasteiger partial charge is 0.244 e. The quantitative estimate of drug-likeness (QED) is 0.883. The van der Waals surface area contributed by atoms with Crippen LogP contribution in [0.1, 0.15) is 17.3 Å². The van der Waals surface area contributed by atoms with E-state index < -0.39 is 11.9 Å². The number of hydrogen-bond acceptors (Lipinski definition) is 3. The van der Waals surface area contributed by atoms with Gasteiger partial charge in [0, 0.05) is 27.6 Å². The predicted molar refractivity (Wildman–Crippen MR) is 83.7 cm³/mol. The maximum Gasteiger partial charge on any atom is 0.244 e. The van der Waals surface area contributed by atoms with E-state index in [9.17, 15) is 4.79 Å². The van der Waals surface area contributed by atoms with Gasteiger partial charge in [-0.15, -0.1) is 0 Å². The second kappa shape index (κ2) is 6.24. The fourth-order valence-corrected chi connectivity index (χ4v) is 2.22. The summed E-state index contributed by atoms with van der Waals surface area (Å²) in [7, 11) is 0. The number of nitrogens with two attached hydrogens (primary N) is 1. The zero-order chi connectivity index (χ0) is 14.7. The van der Waals surface area contributed by atoms with Crippen LogP contribution in [0.15, 0.2) is 41.0 Å². The minimum Gasteiger partial charge on any atom is -0.370 e. The third kappa shape index (κ3) is 3.49. The molecule has 0 saturated heterocycles. The van der Waals surface area contributed by atoms with Gasteiger partial charge in [-0.05, 0) is 47.1 Å². The molecule has 0 spiro atoms. The van der Waals surface area contributed by atoms with Crippen LogP contribution in [-0.2, 0) is 4.79 Å². The highest BCUT2D eigenvalue weighted by atomic mass is 79.9. The number of rotatable bonds is 4. The van der Waals surface area contributed by atoms with Crippen LogP contribution in [0.2, 0.25) is 5.02 Å². The lowest BCUT2D eigenvalue weighted by Gasteiger charge is -2.17. The topological polar surface area (TPSA) is 68.0 Å². The predicted octanol–water partition coefficient (Wildman–Crippen LogP) is 3.44. The molecule has 1 unspecified atom stereocenters. The highest BCUT2D eigenvalue weighted by molar-refractivity contribution is 9.10. The molecule has 0 radical (unpaired) electrons. The Labute approximate surface area is 130 Å². The number of amides is 1. The lowest BCUT2D eigenvalue weighted by molar-refractivity contribution is -0.118. The Bertz CT molecular complexity index is 631. The Hall–Kier alpha value is -1.59. The number of carbonyl (C=O) groups excluding carboxylic acids is 1. The first-order chi connectivity index (χ1) is 9.47. The summed E-state index contributed by atoms with van der Waals surface area (Å²) in [4.78, 5) is 15.8. The van der Waals surface area contributed by atoms with Gasteiger partial charge in [0.2, 0.25) is 5.91 Å². The average molecular weight is 355 g/mol. The molecule has 0 aliphatic carbocycles. The van der Waals surface area contributed by atoms with Crippen molar-refractivity contribution in [3.05, 3.63) is 57.3 Å². The number of aromatic nitrogens is 1. The monoisotopic (exact) mass is 353 g/mol. The zero-order valence-corrected chi connectivity index (χ0v) is 13.1. The summed E-state index contributed by atoms with van der Waals surface area (Å²) in [5.74, 6) is -0.471. The van der Waals surface area contributed by atoms with Crippen LogP contribution in [0.5, 0.6) is 0 Å². The SMILES string of the molecule is Cc1ccc(C(Nc2ccc(Cl)c(Br)c2)C(N)=O)cn1. The Kier molecular flexibility index (Phi) is 4.62. The van der Waals surface area contributed by atoms with Gasteiger partial charge in [0.1, 0.15) is 6.04 Å². The van der Waals surface area contributed by atoms with Crippen molar-refractivity contribution >= 4 is 39.1 Å². The van der Waals surface area contributed by atoms with Gasteiger partial charge in [0.15, 0.2) is 0 Å². The normalized spacial score (nSPS) is 11.9. The number of nitrogens with one attached hydrogen (secondary N) is 1. The summed E-state index contributed by atoms with van der Waals surface area (Å²) >= 11 is 9.28. The molecule has 0 fully saturated rings. The Morgan fingerprint density at radius 1 is 1.40 bits per heavy atom.